The predicted molar refractivity (Wildman–Crippen MR) is 90.3 cm³/mol. The van der Waals surface area contributed by atoms with Crippen molar-refractivity contribution in [1.29, 1.82) is 0 Å². The van der Waals surface area contributed by atoms with Crippen molar-refractivity contribution in [3.05, 3.63) is 51.2 Å². The van der Waals surface area contributed by atoms with Crippen molar-refractivity contribution in [2.24, 2.45) is 5.92 Å². The van der Waals surface area contributed by atoms with Gasteiger partial charge in [-0.2, -0.15) is 0 Å². The summed E-state index contributed by atoms with van der Waals surface area (Å²) in [7, 11) is 0. The van der Waals surface area contributed by atoms with Gasteiger partial charge < -0.3 is 10.6 Å². The minimum absolute atomic E-state index is 0.0454. The number of halogens is 1. The van der Waals surface area contributed by atoms with Crippen LogP contribution in [-0.2, 0) is 6.54 Å². The quantitative estimate of drug-likeness (QED) is 0.827. The molecule has 0 aliphatic carbocycles. The molecule has 1 aromatic carbocycles. The van der Waals surface area contributed by atoms with Crippen molar-refractivity contribution in [1.82, 2.24) is 5.32 Å². The third kappa shape index (κ3) is 4.76. The summed E-state index contributed by atoms with van der Waals surface area (Å²) in [6.45, 7) is 5.48. The number of rotatable bonds is 6. The van der Waals surface area contributed by atoms with Crippen molar-refractivity contribution in [3.63, 3.8) is 0 Å². The Kier molecular flexibility index (Phi) is 5.65. The Bertz CT molecular complexity index is 610. The molecule has 2 aromatic rings. The fourth-order valence-corrected chi connectivity index (χ4v) is 2.88. The highest BCUT2D eigenvalue weighted by molar-refractivity contribution is 7.16. The van der Waals surface area contributed by atoms with Gasteiger partial charge in [0.15, 0.2) is 0 Å². The first kappa shape index (κ1) is 15.9. The van der Waals surface area contributed by atoms with Crippen LogP contribution in [0.25, 0.3) is 0 Å². The molecule has 3 nitrogen and oxygen atoms in total. The Morgan fingerprint density at radius 1 is 1.24 bits per heavy atom. The average Bonchev–Trinajstić information content (AvgIpc) is 2.88. The molecule has 0 aliphatic rings. The smallest absolute Gasteiger partial charge is 0.253 e. The predicted octanol–water partition coefficient (Wildman–Crippen LogP) is 4.40. The number of carbonyl (C=O) groups is 1. The van der Waals surface area contributed by atoms with Crippen molar-refractivity contribution in [3.8, 4) is 0 Å². The number of nitrogens with one attached hydrogen (secondary N) is 2. The molecule has 2 N–H and O–H groups in total. The first-order valence-corrected chi connectivity index (χ1v) is 8.11. The number of para-hydroxylation sites is 1. The van der Waals surface area contributed by atoms with Gasteiger partial charge in [0.25, 0.3) is 5.91 Å². The normalized spacial score (nSPS) is 10.7. The number of carbonyl (C=O) groups excluding carboxylic acids is 1. The second-order valence-corrected chi connectivity index (χ2v) is 7.01. The molecule has 0 aliphatic heterocycles. The topological polar surface area (TPSA) is 41.1 Å². The number of hydrogen-bond acceptors (Lipinski definition) is 3. The maximum absolute atomic E-state index is 12.2. The van der Waals surface area contributed by atoms with E-state index in [0.717, 1.165) is 14.9 Å². The van der Waals surface area contributed by atoms with Gasteiger partial charge in [-0.3, -0.25) is 4.79 Å². The third-order valence-electron chi connectivity index (χ3n) is 2.92. The molecule has 21 heavy (non-hydrogen) atoms. The van der Waals surface area contributed by atoms with Crippen LogP contribution in [0.4, 0.5) is 5.69 Å². The Balaban J connectivity index is 2.04. The number of amides is 1. The highest BCUT2D eigenvalue weighted by Gasteiger charge is 2.11. The molecule has 5 heteroatoms. The lowest BCUT2D eigenvalue weighted by Crippen LogP contribution is -2.28. The molecular formula is C16H19ClN2OS. The lowest BCUT2D eigenvalue weighted by molar-refractivity contribution is 0.0950. The van der Waals surface area contributed by atoms with Crippen LogP contribution in [0.1, 0.15) is 29.1 Å². The van der Waals surface area contributed by atoms with Crippen molar-refractivity contribution < 1.29 is 4.79 Å². The second-order valence-electron chi connectivity index (χ2n) is 5.21. The second kappa shape index (κ2) is 7.48. The van der Waals surface area contributed by atoms with Crippen molar-refractivity contribution in [2.75, 3.05) is 11.9 Å². The molecule has 1 amide bonds. The zero-order chi connectivity index (χ0) is 15.2. The van der Waals surface area contributed by atoms with Crippen LogP contribution in [0.2, 0.25) is 4.34 Å². The van der Waals surface area contributed by atoms with Gasteiger partial charge in [-0.05, 0) is 30.2 Å². The van der Waals surface area contributed by atoms with Gasteiger partial charge in [0.2, 0.25) is 0 Å². The molecule has 0 saturated carbocycles. The van der Waals surface area contributed by atoms with E-state index in [1.807, 2.05) is 36.4 Å². The summed E-state index contributed by atoms with van der Waals surface area (Å²) >= 11 is 7.46. The minimum atomic E-state index is -0.0454. The van der Waals surface area contributed by atoms with E-state index in [0.29, 0.717) is 24.6 Å². The fraction of sp³-hybridized carbons (Fsp3) is 0.312. The summed E-state index contributed by atoms with van der Waals surface area (Å²) in [6.07, 6.45) is 0. The summed E-state index contributed by atoms with van der Waals surface area (Å²) < 4.78 is 0.773. The van der Waals surface area contributed by atoms with Crippen LogP contribution >= 0.6 is 22.9 Å². The van der Waals surface area contributed by atoms with Crippen LogP contribution < -0.4 is 10.6 Å². The van der Waals surface area contributed by atoms with Gasteiger partial charge in [-0.15, -0.1) is 11.3 Å². The first-order chi connectivity index (χ1) is 10.1. The largest absolute Gasteiger partial charge is 0.380 e. The maximum Gasteiger partial charge on any atom is 0.253 e. The van der Waals surface area contributed by atoms with Crippen LogP contribution in [0.5, 0.6) is 0 Å². The Morgan fingerprint density at radius 3 is 2.67 bits per heavy atom. The highest BCUT2D eigenvalue weighted by atomic mass is 35.5. The summed E-state index contributed by atoms with van der Waals surface area (Å²) in [5, 5.41) is 6.25. The molecule has 0 atom stereocenters. The van der Waals surface area contributed by atoms with E-state index in [1.54, 1.807) is 0 Å². The van der Waals surface area contributed by atoms with Gasteiger partial charge in [0.1, 0.15) is 0 Å². The molecular weight excluding hydrogens is 304 g/mol. The Labute approximate surface area is 134 Å². The highest BCUT2D eigenvalue weighted by Crippen LogP contribution is 2.23. The number of hydrogen-bond donors (Lipinski definition) is 2. The minimum Gasteiger partial charge on any atom is -0.380 e. The lowest BCUT2D eigenvalue weighted by Gasteiger charge is -2.12. The van der Waals surface area contributed by atoms with Crippen LogP contribution in [0.15, 0.2) is 36.4 Å². The number of benzene rings is 1. The Hall–Kier alpha value is -1.52. The molecule has 0 bridgehead atoms. The maximum atomic E-state index is 12.2. The van der Waals surface area contributed by atoms with E-state index >= 15 is 0 Å². The van der Waals surface area contributed by atoms with E-state index in [4.69, 9.17) is 11.6 Å². The van der Waals surface area contributed by atoms with E-state index in [2.05, 4.69) is 24.5 Å². The van der Waals surface area contributed by atoms with E-state index in [9.17, 15) is 4.79 Å². The van der Waals surface area contributed by atoms with E-state index in [-0.39, 0.29) is 5.91 Å². The number of thiophene rings is 1. The summed E-state index contributed by atoms with van der Waals surface area (Å²) in [6, 6.07) is 11.4. The van der Waals surface area contributed by atoms with E-state index < -0.39 is 0 Å². The molecule has 0 unspecified atom stereocenters. The SMILES string of the molecule is CC(C)CNC(=O)c1ccccc1NCc1ccc(Cl)s1. The molecule has 1 heterocycles. The molecule has 0 spiro atoms. The summed E-state index contributed by atoms with van der Waals surface area (Å²) in [5.74, 6) is 0.387. The monoisotopic (exact) mass is 322 g/mol. The molecule has 0 saturated heterocycles. The van der Waals surface area contributed by atoms with Crippen LogP contribution in [-0.4, -0.2) is 12.5 Å². The van der Waals surface area contributed by atoms with Gasteiger partial charge in [-0.25, -0.2) is 0 Å². The van der Waals surface area contributed by atoms with E-state index in [1.165, 1.54) is 11.3 Å². The molecule has 112 valence electrons. The van der Waals surface area contributed by atoms with Gasteiger partial charge in [0, 0.05) is 23.7 Å². The zero-order valence-electron chi connectivity index (χ0n) is 12.2. The first-order valence-electron chi connectivity index (χ1n) is 6.91. The van der Waals surface area contributed by atoms with Gasteiger partial charge >= 0.3 is 0 Å². The average molecular weight is 323 g/mol. The number of anilines is 1. The van der Waals surface area contributed by atoms with Crippen LogP contribution in [0, 0.1) is 5.92 Å². The summed E-state index contributed by atoms with van der Waals surface area (Å²) in [4.78, 5) is 13.4. The fourth-order valence-electron chi connectivity index (χ4n) is 1.86. The standard InChI is InChI=1S/C16H19ClN2OS/c1-11(2)9-19-16(20)13-5-3-4-6-14(13)18-10-12-7-8-15(17)21-12/h3-8,11,18H,9-10H2,1-2H3,(H,19,20). The summed E-state index contributed by atoms with van der Waals surface area (Å²) in [5.41, 5.74) is 1.50. The Morgan fingerprint density at radius 2 is 2.00 bits per heavy atom. The third-order valence-corrected chi connectivity index (χ3v) is 4.16. The molecule has 1 aromatic heterocycles. The van der Waals surface area contributed by atoms with Crippen LogP contribution in [0.3, 0.4) is 0 Å². The molecule has 0 radical (unpaired) electrons. The lowest BCUT2D eigenvalue weighted by atomic mass is 10.1. The molecule has 2 rings (SSSR count). The van der Waals surface area contributed by atoms with Crippen molar-refractivity contribution >= 4 is 34.5 Å². The molecule has 0 fully saturated rings. The van der Waals surface area contributed by atoms with Crippen molar-refractivity contribution in [2.45, 2.75) is 20.4 Å². The van der Waals surface area contributed by atoms with Gasteiger partial charge in [0.05, 0.1) is 9.90 Å². The van der Waals surface area contributed by atoms with Gasteiger partial charge in [-0.1, -0.05) is 37.6 Å². The zero-order valence-corrected chi connectivity index (χ0v) is 13.7.